The Morgan fingerprint density at radius 1 is 0.741 bits per heavy atom. The molecular weight excluding hydrogens is 368 g/mol. The number of nitrogens with one attached hydrogen (secondary N) is 2. The van der Waals surface area contributed by atoms with Crippen LogP contribution in [0.1, 0.15) is 32.1 Å². The van der Waals surface area contributed by atoms with Crippen molar-refractivity contribution in [2.45, 2.75) is 44.3 Å². The standard InChI is InChI=1S/C15H18N2O10/c18-10-6-8(12(20)16-10)26-14(22)24-4-2-1-3-5-25-15(23)27-9-7-11(19)17-13(9)21/h8-9H,1-7H2,(H,16,18,20)(H,17,19,21). The molecule has 2 N–H and O–H groups in total. The van der Waals surface area contributed by atoms with Gasteiger partial charge in [-0.2, -0.15) is 0 Å². The van der Waals surface area contributed by atoms with Crippen LogP contribution in [-0.4, -0.2) is 61.4 Å². The molecule has 27 heavy (non-hydrogen) atoms. The average Bonchev–Trinajstić information content (AvgIpc) is 3.06. The van der Waals surface area contributed by atoms with E-state index in [0.717, 1.165) is 0 Å². The van der Waals surface area contributed by atoms with Gasteiger partial charge in [-0.25, -0.2) is 9.59 Å². The highest BCUT2D eigenvalue weighted by Crippen LogP contribution is 2.09. The van der Waals surface area contributed by atoms with Gasteiger partial charge in [0.2, 0.25) is 11.8 Å². The molecule has 12 heteroatoms. The Hall–Kier alpha value is -3.18. The fourth-order valence-corrected chi connectivity index (χ4v) is 2.24. The molecule has 2 saturated heterocycles. The SMILES string of the molecule is O=C1CC(OC(=O)OCCCCCOC(=O)OC2CC(=O)NC2=O)C(=O)N1. The molecule has 2 aliphatic heterocycles. The molecule has 0 bridgehead atoms. The molecule has 12 nitrogen and oxygen atoms in total. The number of amides is 4. The lowest BCUT2D eigenvalue weighted by molar-refractivity contribution is -0.129. The summed E-state index contributed by atoms with van der Waals surface area (Å²) in [6, 6.07) is 0. The van der Waals surface area contributed by atoms with Crippen LogP contribution in [0.25, 0.3) is 0 Å². The van der Waals surface area contributed by atoms with Crippen molar-refractivity contribution in [3.05, 3.63) is 0 Å². The first-order valence-corrected chi connectivity index (χ1v) is 8.19. The first-order chi connectivity index (χ1) is 12.8. The quantitative estimate of drug-likeness (QED) is 0.309. The normalized spacial score (nSPS) is 21.5. The number of rotatable bonds is 8. The summed E-state index contributed by atoms with van der Waals surface area (Å²) < 4.78 is 18.9. The van der Waals surface area contributed by atoms with Gasteiger partial charge in [0, 0.05) is 0 Å². The molecule has 2 aliphatic rings. The summed E-state index contributed by atoms with van der Waals surface area (Å²) in [5.41, 5.74) is 0. The Morgan fingerprint density at radius 2 is 1.15 bits per heavy atom. The van der Waals surface area contributed by atoms with E-state index in [0.29, 0.717) is 19.3 Å². The number of ether oxygens (including phenoxy) is 4. The summed E-state index contributed by atoms with van der Waals surface area (Å²) in [6.45, 7) is 0.0475. The fourth-order valence-electron chi connectivity index (χ4n) is 2.24. The zero-order chi connectivity index (χ0) is 19.8. The van der Waals surface area contributed by atoms with E-state index in [4.69, 9.17) is 18.9 Å². The number of imide groups is 2. The number of unbranched alkanes of at least 4 members (excludes halogenated alkanes) is 2. The van der Waals surface area contributed by atoms with Crippen LogP contribution < -0.4 is 10.6 Å². The molecule has 0 saturated carbocycles. The Labute approximate surface area is 152 Å². The van der Waals surface area contributed by atoms with Gasteiger partial charge in [-0.1, -0.05) is 0 Å². The van der Waals surface area contributed by atoms with E-state index >= 15 is 0 Å². The molecule has 2 fully saturated rings. The summed E-state index contributed by atoms with van der Waals surface area (Å²) in [6.07, 6.45) is -3.43. The van der Waals surface area contributed by atoms with Crippen molar-refractivity contribution >= 4 is 35.9 Å². The van der Waals surface area contributed by atoms with E-state index in [1.807, 2.05) is 10.6 Å². The van der Waals surface area contributed by atoms with Gasteiger partial charge in [0.1, 0.15) is 0 Å². The average molecular weight is 386 g/mol. The molecule has 148 valence electrons. The van der Waals surface area contributed by atoms with Crippen molar-refractivity contribution in [1.29, 1.82) is 0 Å². The number of carbonyl (C=O) groups is 6. The smallest absolute Gasteiger partial charge is 0.434 e. The zero-order valence-electron chi connectivity index (χ0n) is 14.2. The van der Waals surface area contributed by atoms with Gasteiger partial charge in [0.25, 0.3) is 11.8 Å². The number of hydrogen-bond acceptors (Lipinski definition) is 10. The Kier molecular flexibility index (Phi) is 7.08. The molecule has 0 radical (unpaired) electrons. The Bertz CT molecular complexity index is 593. The minimum Gasteiger partial charge on any atom is -0.434 e. The van der Waals surface area contributed by atoms with Crippen molar-refractivity contribution in [3.63, 3.8) is 0 Å². The zero-order valence-corrected chi connectivity index (χ0v) is 14.2. The van der Waals surface area contributed by atoms with Gasteiger partial charge in [-0.3, -0.25) is 29.8 Å². The minimum absolute atomic E-state index is 0.0237. The number of hydrogen-bond donors (Lipinski definition) is 2. The van der Waals surface area contributed by atoms with Crippen LogP contribution in [0, 0.1) is 0 Å². The molecule has 0 aliphatic carbocycles. The van der Waals surface area contributed by atoms with E-state index in [2.05, 4.69) is 0 Å². The van der Waals surface area contributed by atoms with Crippen LogP contribution in [0.5, 0.6) is 0 Å². The molecule has 4 amide bonds. The van der Waals surface area contributed by atoms with Crippen LogP contribution in [-0.2, 0) is 38.1 Å². The monoisotopic (exact) mass is 386 g/mol. The summed E-state index contributed by atoms with van der Waals surface area (Å²) in [5.74, 6) is -2.39. The van der Waals surface area contributed by atoms with Gasteiger partial charge in [-0.05, 0) is 19.3 Å². The summed E-state index contributed by atoms with van der Waals surface area (Å²) in [7, 11) is 0. The first-order valence-electron chi connectivity index (χ1n) is 8.19. The van der Waals surface area contributed by atoms with Crippen molar-refractivity contribution in [2.24, 2.45) is 0 Å². The van der Waals surface area contributed by atoms with E-state index in [-0.39, 0.29) is 26.1 Å². The van der Waals surface area contributed by atoms with Crippen LogP contribution in [0.4, 0.5) is 9.59 Å². The molecule has 2 atom stereocenters. The molecular formula is C15H18N2O10. The maximum Gasteiger partial charge on any atom is 0.509 e. The van der Waals surface area contributed by atoms with Crippen molar-refractivity contribution in [2.75, 3.05) is 13.2 Å². The highest BCUT2D eigenvalue weighted by Gasteiger charge is 2.35. The third-order valence-electron chi connectivity index (χ3n) is 3.56. The molecule has 0 spiro atoms. The van der Waals surface area contributed by atoms with Gasteiger partial charge in [0.05, 0.1) is 26.1 Å². The van der Waals surface area contributed by atoms with Crippen LogP contribution >= 0.6 is 0 Å². The third-order valence-corrected chi connectivity index (χ3v) is 3.56. The highest BCUT2D eigenvalue weighted by atomic mass is 16.7. The minimum atomic E-state index is -1.17. The van der Waals surface area contributed by atoms with Crippen molar-refractivity contribution in [1.82, 2.24) is 10.6 Å². The Balaban J connectivity index is 1.46. The molecule has 2 unspecified atom stereocenters. The van der Waals surface area contributed by atoms with E-state index in [9.17, 15) is 28.8 Å². The second kappa shape index (κ2) is 9.50. The van der Waals surface area contributed by atoms with E-state index in [1.165, 1.54) is 0 Å². The lowest BCUT2D eigenvalue weighted by atomic mass is 10.2. The second-order valence-corrected chi connectivity index (χ2v) is 5.70. The summed E-state index contributed by atoms with van der Waals surface area (Å²) in [5, 5.41) is 4.00. The maximum absolute atomic E-state index is 11.4. The molecule has 2 heterocycles. The summed E-state index contributed by atoms with van der Waals surface area (Å²) in [4.78, 5) is 67.0. The van der Waals surface area contributed by atoms with Crippen LogP contribution in [0.15, 0.2) is 0 Å². The lowest BCUT2D eigenvalue weighted by Gasteiger charge is -2.10. The number of carbonyl (C=O) groups excluding carboxylic acids is 6. The highest BCUT2D eigenvalue weighted by molar-refractivity contribution is 6.06. The fraction of sp³-hybridized carbons (Fsp3) is 0.600. The Morgan fingerprint density at radius 3 is 1.48 bits per heavy atom. The second-order valence-electron chi connectivity index (χ2n) is 5.70. The van der Waals surface area contributed by atoms with Gasteiger partial charge in [-0.15, -0.1) is 0 Å². The lowest BCUT2D eigenvalue weighted by Crippen LogP contribution is -2.28. The molecule has 2 rings (SSSR count). The summed E-state index contributed by atoms with van der Waals surface area (Å²) >= 11 is 0. The first kappa shape index (κ1) is 20.1. The topological polar surface area (TPSA) is 163 Å². The predicted octanol–water partition coefficient (Wildman–Crippen LogP) is -0.707. The van der Waals surface area contributed by atoms with E-state index < -0.39 is 48.1 Å². The predicted molar refractivity (Wildman–Crippen MR) is 81.8 cm³/mol. The third kappa shape index (κ3) is 6.56. The molecule has 0 aromatic heterocycles. The largest absolute Gasteiger partial charge is 0.509 e. The van der Waals surface area contributed by atoms with Gasteiger partial charge in [0.15, 0.2) is 12.2 Å². The molecule has 0 aromatic carbocycles. The van der Waals surface area contributed by atoms with Crippen LogP contribution in [0.3, 0.4) is 0 Å². The van der Waals surface area contributed by atoms with Crippen LogP contribution in [0.2, 0.25) is 0 Å². The van der Waals surface area contributed by atoms with Crippen molar-refractivity contribution in [3.8, 4) is 0 Å². The van der Waals surface area contributed by atoms with Gasteiger partial charge < -0.3 is 18.9 Å². The molecule has 0 aromatic rings. The van der Waals surface area contributed by atoms with E-state index in [1.54, 1.807) is 0 Å². The van der Waals surface area contributed by atoms with Gasteiger partial charge >= 0.3 is 12.3 Å². The van der Waals surface area contributed by atoms with Crippen molar-refractivity contribution < 1.29 is 47.7 Å². The maximum atomic E-state index is 11.4.